The largest absolute Gasteiger partial charge is 0.396 e. The molecule has 1 unspecified atom stereocenters. The molecule has 2 fully saturated rings. The molecule has 3 N–H and O–H groups in total. The van der Waals surface area contributed by atoms with Gasteiger partial charge in [-0.25, -0.2) is 0 Å². The van der Waals surface area contributed by atoms with Crippen molar-refractivity contribution in [1.82, 2.24) is 10.6 Å². The van der Waals surface area contributed by atoms with Crippen molar-refractivity contribution in [1.29, 1.82) is 0 Å². The molecule has 0 radical (unpaired) electrons. The molecule has 0 spiro atoms. The average molecular weight is 254 g/mol. The van der Waals surface area contributed by atoms with Crippen LogP contribution in [-0.2, 0) is 4.79 Å². The van der Waals surface area contributed by atoms with Crippen molar-refractivity contribution < 1.29 is 9.90 Å². The van der Waals surface area contributed by atoms with Crippen LogP contribution in [0.2, 0.25) is 0 Å². The summed E-state index contributed by atoms with van der Waals surface area (Å²) in [4.78, 5) is 12.1. The Bertz CT molecular complexity index is 269. The van der Waals surface area contributed by atoms with E-state index in [1.165, 1.54) is 19.3 Å². The van der Waals surface area contributed by atoms with Gasteiger partial charge in [-0.05, 0) is 32.2 Å². The molecule has 0 bridgehead atoms. The van der Waals surface area contributed by atoms with Gasteiger partial charge in [-0.3, -0.25) is 4.79 Å². The summed E-state index contributed by atoms with van der Waals surface area (Å²) in [6, 6.07) is 0. The normalized spacial score (nSPS) is 27.7. The summed E-state index contributed by atoms with van der Waals surface area (Å²) in [5.41, 5.74) is -0.0456. The Kier molecular flexibility index (Phi) is 5.01. The van der Waals surface area contributed by atoms with E-state index in [1.807, 2.05) is 0 Å². The molecule has 18 heavy (non-hydrogen) atoms. The van der Waals surface area contributed by atoms with Crippen LogP contribution in [0.4, 0.5) is 0 Å². The number of carbonyl (C=O) groups is 1. The van der Waals surface area contributed by atoms with E-state index in [2.05, 4.69) is 10.6 Å². The van der Waals surface area contributed by atoms with E-state index in [1.54, 1.807) is 0 Å². The van der Waals surface area contributed by atoms with Gasteiger partial charge in [0, 0.05) is 18.5 Å². The van der Waals surface area contributed by atoms with E-state index >= 15 is 0 Å². The summed E-state index contributed by atoms with van der Waals surface area (Å²) >= 11 is 0. The van der Waals surface area contributed by atoms with Crippen LogP contribution in [0.15, 0.2) is 0 Å². The smallest absolute Gasteiger partial charge is 0.224 e. The molecular formula is C14H26N2O2. The minimum absolute atomic E-state index is 0.0456. The van der Waals surface area contributed by atoms with Crippen molar-refractivity contribution in [2.45, 2.75) is 44.9 Å². The first kappa shape index (κ1) is 13.8. The summed E-state index contributed by atoms with van der Waals surface area (Å²) < 4.78 is 0. The minimum atomic E-state index is -0.0456. The maximum Gasteiger partial charge on any atom is 0.224 e. The van der Waals surface area contributed by atoms with Crippen molar-refractivity contribution in [2.75, 3.05) is 26.2 Å². The molecular weight excluding hydrogens is 228 g/mol. The number of amides is 1. The maximum atomic E-state index is 12.1. The number of rotatable bonds is 4. The molecule has 104 valence electrons. The number of hydrogen-bond acceptors (Lipinski definition) is 3. The highest BCUT2D eigenvalue weighted by Gasteiger charge is 2.32. The Morgan fingerprint density at radius 2 is 2.06 bits per heavy atom. The number of hydrogen-bond donors (Lipinski definition) is 3. The molecule has 1 aliphatic carbocycles. The first-order chi connectivity index (χ1) is 8.76. The predicted octanol–water partition coefficient (Wildman–Crippen LogP) is 1.04. The van der Waals surface area contributed by atoms with Crippen molar-refractivity contribution >= 4 is 5.91 Å². The minimum Gasteiger partial charge on any atom is -0.396 e. The molecule has 1 aliphatic heterocycles. The summed E-state index contributed by atoms with van der Waals surface area (Å²) in [5.74, 6) is 0.290. The molecule has 2 aliphatic rings. The van der Waals surface area contributed by atoms with Crippen LogP contribution in [0.25, 0.3) is 0 Å². The lowest BCUT2D eigenvalue weighted by Crippen LogP contribution is -2.46. The van der Waals surface area contributed by atoms with E-state index in [-0.39, 0.29) is 23.8 Å². The van der Waals surface area contributed by atoms with Crippen LogP contribution in [0.5, 0.6) is 0 Å². The lowest BCUT2D eigenvalue weighted by molar-refractivity contribution is -0.126. The van der Waals surface area contributed by atoms with Gasteiger partial charge in [0.1, 0.15) is 0 Å². The molecule has 1 saturated carbocycles. The van der Waals surface area contributed by atoms with Gasteiger partial charge in [0.25, 0.3) is 0 Å². The van der Waals surface area contributed by atoms with Crippen LogP contribution in [-0.4, -0.2) is 37.3 Å². The number of carbonyl (C=O) groups excluding carboxylic acids is 1. The van der Waals surface area contributed by atoms with Gasteiger partial charge in [0.2, 0.25) is 5.91 Å². The highest BCUT2D eigenvalue weighted by atomic mass is 16.3. The van der Waals surface area contributed by atoms with E-state index < -0.39 is 0 Å². The highest BCUT2D eigenvalue weighted by Crippen LogP contribution is 2.35. The fourth-order valence-electron chi connectivity index (χ4n) is 3.19. The SMILES string of the molecule is O=C(NCC1(CO)CCCCC1)C1CCCNC1. The van der Waals surface area contributed by atoms with Crippen molar-refractivity contribution in [3.05, 3.63) is 0 Å². The Hall–Kier alpha value is -0.610. The monoisotopic (exact) mass is 254 g/mol. The third-order valence-electron chi connectivity index (χ3n) is 4.55. The Morgan fingerprint density at radius 3 is 2.67 bits per heavy atom. The van der Waals surface area contributed by atoms with E-state index in [0.29, 0.717) is 6.54 Å². The van der Waals surface area contributed by atoms with Gasteiger partial charge in [-0.15, -0.1) is 0 Å². The molecule has 0 aromatic rings. The van der Waals surface area contributed by atoms with E-state index in [0.717, 1.165) is 38.8 Å². The van der Waals surface area contributed by atoms with E-state index in [9.17, 15) is 9.90 Å². The maximum absolute atomic E-state index is 12.1. The van der Waals surface area contributed by atoms with Crippen LogP contribution in [0.1, 0.15) is 44.9 Å². The third kappa shape index (κ3) is 3.45. The second-order valence-corrected chi connectivity index (χ2v) is 5.98. The quantitative estimate of drug-likeness (QED) is 0.702. The van der Waals surface area contributed by atoms with Gasteiger partial charge >= 0.3 is 0 Å². The standard InChI is InChI=1S/C14H26N2O2/c17-11-14(6-2-1-3-7-14)10-16-13(18)12-5-4-8-15-9-12/h12,15,17H,1-11H2,(H,16,18). The van der Waals surface area contributed by atoms with Crippen LogP contribution in [0, 0.1) is 11.3 Å². The lowest BCUT2D eigenvalue weighted by atomic mass is 9.74. The fraction of sp³-hybridized carbons (Fsp3) is 0.929. The number of nitrogens with one attached hydrogen (secondary N) is 2. The van der Waals surface area contributed by atoms with Gasteiger partial charge in [-0.2, -0.15) is 0 Å². The van der Waals surface area contributed by atoms with Gasteiger partial charge < -0.3 is 15.7 Å². The number of piperidine rings is 1. The molecule has 1 atom stereocenters. The Labute approximate surface area is 110 Å². The molecule has 1 heterocycles. The molecule has 4 heteroatoms. The zero-order valence-corrected chi connectivity index (χ0v) is 11.2. The van der Waals surface area contributed by atoms with Gasteiger partial charge in [0.05, 0.1) is 12.5 Å². The molecule has 4 nitrogen and oxygen atoms in total. The summed E-state index contributed by atoms with van der Waals surface area (Å²) in [6.07, 6.45) is 7.80. The van der Waals surface area contributed by atoms with Crippen LogP contribution < -0.4 is 10.6 Å². The second-order valence-electron chi connectivity index (χ2n) is 5.98. The van der Waals surface area contributed by atoms with Crippen molar-refractivity contribution in [2.24, 2.45) is 11.3 Å². The Balaban J connectivity index is 1.79. The summed E-state index contributed by atoms with van der Waals surface area (Å²) in [6.45, 7) is 2.69. The molecule has 1 saturated heterocycles. The third-order valence-corrected chi connectivity index (χ3v) is 4.55. The van der Waals surface area contributed by atoms with Gasteiger partial charge in [0.15, 0.2) is 0 Å². The summed E-state index contributed by atoms with van der Waals surface area (Å²) in [5, 5.41) is 15.9. The molecule has 1 amide bonds. The topological polar surface area (TPSA) is 61.4 Å². The predicted molar refractivity (Wildman–Crippen MR) is 71.2 cm³/mol. The van der Waals surface area contributed by atoms with E-state index in [4.69, 9.17) is 0 Å². The second kappa shape index (κ2) is 6.53. The highest BCUT2D eigenvalue weighted by molar-refractivity contribution is 5.79. The lowest BCUT2D eigenvalue weighted by Gasteiger charge is -2.36. The summed E-state index contributed by atoms with van der Waals surface area (Å²) in [7, 11) is 0. The number of aliphatic hydroxyl groups is 1. The Morgan fingerprint density at radius 1 is 1.28 bits per heavy atom. The first-order valence-corrected chi connectivity index (χ1v) is 7.35. The molecule has 2 rings (SSSR count). The van der Waals surface area contributed by atoms with Gasteiger partial charge in [-0.1, -0.05) is 19.3 Å². The zero-order chi connectivity index (χ0) is 12.8. The fourth-order valence-corrected chi connectivity index (χ4v) is 3.19. The zero-order valence-electron chi connectivity index (χ0n) is 11.2. The van der Waals surface area contributed by atoms with Crippen LogP contribution in [0.3, 0.4) is 0 Å². The van der Waals surface area contributed by atoms with Crippen molar-refractivity contribution in [3.63, 3.8) is 0 Å². The average Bonchev–Trinajstić information content (AvgIpc) is 2.47. The molecule has 0 aromatic heterocycles. The number of aliphatic hydroxyl groups excluding tert-OH is 1. The first-order valence-electron chi connectivity index (χ1n) is 7.35. The van der Waals surface area contributed by atoms with Crippen LogP contribution >= 0.6 is 0 Å². The molecule has 0 aromatic carbocycles. The van der Waals surface area contributed by atoms with Crippen molar-refractivity contribution in [3.8, 4) is 0 Å².